The number of carbonyl (C=O) groups excluding carboxylic acids is 2. The summed E-state index contributed by atoms with van der Waals surface area (Å²) >= 11 is 0. The van der Waals surface area contributed by atoms with E-state index in [1.54, 1.807) is 0 Å². The number of hydrogen-bond acceptors (Lipinski definition) is 7. The van der Waals surface area contributed by atoms with Crippen LogP contribution in [0.5, 0.6) is 0 Å². The van der Waals surface area contributed by atoms with Gasteiger partial charge in [0.25, 0.3) is 0 Å². The molecule has 3 saturated heterocycles. The van der Waals surface area contributed by atoms with Crippen molar-refractivity contribution in [3.63, 3.8) is 0 Å². The van der Waals surface area contributed by atoms with E-state index in [2.05, 4.69) is 0 Å². The average Bonchev–Trinajstić information content (AvgIpc) is 3.72. The molecule has 0 spiro atoms. The molecule has 4 aliphatic rings. The van der Waals surface area contributed by atoms with Gasteiger partial charge in [0.1, 0.15) is 11.4 Å². The minimum Gasteiger partial charge on any atom is -0.388 e. The van der Waals surface area contributed by atoms with Gasteiger partial charge in [-0.25, -0.2) is 0 Å². The monoisotopic (exact) mass is 459 g/mol. The number of benzene rings is 2. The minimum atomic E-state index is -0.633. The molecule has 0 aromatic heterocycles. The van der Waals surface area contributed by atoms with Crippen LogP contribution in [-0.4, -0.2) is 75.7 Å². The van der Waals surface area contributed by atoms with Crippen LogP contribution < -0.4 is 0 Å². The van der Waals surface area contributed by atoms with Crippen LogP contribution in [0.4, 0.5) is 0 Å². The molecule has 3 aliphatic heterocycles. The predicted octanol–water partition coefficient (Wildman–Crippen LogP) is 2.02. The van der Waals surface area contributed by atoms with Crippen molar-refractivity contribution < 1.29 is 19.8 Å². The molecule has 0 bridgehead atoms. The summed E-state index contributed by atoms with van der Waals surface area (Å²) in [7, 11) is 0. The standard InChI is InChI=1S/C15H16O2.C12H13N3O2/c16-14(12-7-3-1-4-8-12)11-15(17)13-9-5-2-6-10-13;16-9-7-8(13-1-2-13)12(17)11(15-5-6-15)10(9)14-3-4-14/h1-10,14-17H,11H2;7H,1-6H2. The lowest BCUT2D eigenvalue weighted by Crippen LogP contribution is -2.29. The second-order valence-electron chi connectivity index (χ2n) is 8.97. The van der Waals surface area contributed by atoms with Crippen LogP contribution in [0.2, 0.25) is 0 Å². The van der Waals surface area contributed by atoms with Gasteiger partial charge >= 0.3 is 0 Å². The van der Waals surface area contributed by atoms with E-state index in [1.165, 1.54) is 6.08 Å². The lowest BCUT2D eigenvalue weighted by Gasteiger charge is -2.21. The molecule has 2 aromatic rings. The minimum absolute atomic E-state index is 0.00546. The highest BCUT2D eigenvalue weighted by Gasteiger charge is 2.43. The maximum absolute atomic E-state index is 12.4. The highest BCUT2D eigenvalue weighted by atomic mass is 16.3. The maximum atomic E-state index is 12.4. The van der Waals surface area contributed by atoms with Crippen LogP contribution in [0.25, 0.3) is 0 Å². The normalized spacial score (nSPS) is 20.4. The van der Waals surface area contributed by atoms with Crippen molar-refractivity contribution in [3.8, 4) is 0 Å². The summed E-state index contributed by atoms with van der Waals surface area (Å²) in [6, 6.07) is 18.8. The number of hydrogen-bond donors (Lipinski definition) is 2. The molecule has 1 aliphatic carbocycles. The Morgan fingerprint density at radius 3 is 1.53 bits per heavy atom. The third kappa shape index (κ3) is 5.05. The highest BCUT2D eigenvalue weighted by molar-refractivity contribution is 6.22. The fourth-order valence-corrected chi connectivity index (χ4v) is 4.11. The van der Waals surface area contributed by atoms with Crippen LogP contribution >= 0.6 is 0 Å². The smallest absolute Gasteiger partial charge is 0.227 e. The molecule has 2 unspecified atom stereocenters. The number of ketones is 2. The van der Waals surface area contributed by atoms with E-state index < -0.39 is 12.2 Å². The third-order valence-corrected chi connectivity index (χ3v) is 6.30. The molecule has 34 heavy (non-hydrogen) atoms. The molecule has 0 amide bonds. The molecular formula is C27H29N3O4. The van der Waals surface area contributed by atoms with E-state index in [0.29, 0.717) is 23.5 Å². The number of nitrogens with zero attached hydrogens (tertiary/aromatic N) is 3. The highest BCUT2D eigenvalue weighted by Crippen LogP contribution is 2.34. The molecule has 2 atom stereocenters. The first-order chi connectivity index (χ1) is 16.5. The zero-order valence-electron chi connectivity index (χ0n) is 19.0. The Morgan fingerprint density at radius 2 is 1.09 bits per heavy atom. The van der Waals surface area contributed by atoms with E-state index in [0.717, 1.165) is 50.4 Å². The summed E-state index contributed by atoms with van der Waals surface area (Å²) in [5.41, 5.74) is 3.56. The Bertz CT molecular complexity index is 1070. The lowest BCUT2D eigenvalue weighted by atomic mass is 9.99. The Kier molecular flexibility index (Phi) is 6.22. The van der Waals surface area contributed by atoms with Gasteiger partial charge in [0, 0.05) is 51.8 Å². The molecule has 176 valence electrons. The number of Topliss-reactive ketones (excluding diaryl/α,β-unsaturated/α-hetero) is 1. The molecule has 3 fully saturated rings. The van der Waals surface area contributed by atoms with Crippen molar-refractivity contribution in [2.45, 2.75) is 18.6 Å². The molecule has 7 nitrogen and oxygen atoms in total. The number of aliphatic hydroxyl groups is 2. The molecule has 2 N–H and O–H groups in total. The Morgan fingerprint density at radius 1 is 0.647 bits per heavy atom. The van der Waals surface area contributed by atoms with Crippen molar-refractivity contribution in [2.24, 2.45) is 0 Å². The van der Waals surface area contributed by atoms with Crippen molar-refractivity contribution in [1.82, 2.24) is 14.7 Å². The van der Waals surface area contributed by atoms with Crippen LogP contribution in [0.1, 0.15) is 29.8 Å². The second-order valence-corrected chi connectivity index (χ2v) is 8.97. The van der Waals surface area contributed by atoms with Crippen molar-refractivity contribution in [1.29, 1.82) is 0 Å². The summed E-state index contributed by atoms with van der Waals surface area (Å²) in [6.45, 7) is 5.41. The first-order valence-corrected chi connectivity index (χ1v) is 11.8. The number of allylic oxidation sites excluding steroid dienone is 1. The van der Waals surface area contributed by atoms with Gasteiger partial charge in [0.15, 0.2) is 0 Å². The van der Waals surface area contributed by atoms with Crippen LogP contribution in [0, 0.1) is 0 Å². The summed E-state index contributed by atoms with van der Waals surface area (Å²) in [6.07, 6.45) is 0.571. The predicted molar refractivity (Wildman–Crippen MR) is 127 cm³/mol. The van der Waals surface area contributed by atoms with Crippen LogP contribution in [-0.2, 0) is 9.59 Å². The number of aliphatic hydroxyl groups excluding tert-OH is 2. The summed E-state index contributed by atoms with van der Waals surface area (Å²) in [5.74, 6) is 0.0485. The zero-order chi connectivity index (χ0) is 23.7. The number of rotatable bonds is 7. The van der Waals surface area contributed by atoms with E-state index in [4.69, 9.17) is 0 Å². The first kappa shape index (κ1) is 22.4. The van der Waals surface area contributed by atoms with Crippen molar-refractivity contribution >= 4 is 11.6 Å². The van der Waals surface area contributed by atoms with Gasteiger partial charge in [-0.2, -0.15) is 0 Å². The number of carbonyl (C=O) groups is 2. The quantitative estimate of drug-likeness (QED) is 0.484. The Balaban J connectivity index is 0.000000142. The van der Waals surface area contributed by atoms with Gasteiger partial charge in [-0.15, -0.1) is 0 Å². The molecule has 2 aromatic carbocycles. The SMILES string of the molecule is O=C1C=C(N2CC2)C(=O)C(N2CC2)=C1N1CC1.OC(CC(O)c1ccccc1)c1ccccc1. The van der Waals surface area contributed by atoms with Gasteiger partial charge in [-0.1, -0.05) is 60.7 Å². The Labute approximate surface area is 199 Å². The van der Waals surface area contributed by atoms with Gasteiger partial charge in [-0.3, -0.25) is 9.59 Å². The van der Waals surface area contributed by atoms with Crippen molar-refractivity contribution in [3.05, 3.63) is 95.0 Å². The topological polar surface area (TPSA) is 83.6 Å². The van der Waals surface area contributed by atoms with E-state index in [-0.39, 0.29) is 11.6 Å². The third-order valence-electron chi connectivity index (χ3n) is 6.30. The summed E-state index contributed by atoms with van der Waals surface area (Å²) < 4.78 is 0. The first-order valence-electron chi connectivity index (χ1n) is 11.8. The molecule has 7 heteroatoms. The van der Waals surface area contributed by atoms with Crippen molar-refractivity contribution in [2.75, 3.05) is 39.3 Å². The fraction of sp³-hybridized carbons (Fsp3) is 0.333. The lowest BCUT2D eigenvalue weighted by molar-refractivity contribution is -0.117. The van der Waals surface area contributed by atoms with Crippen LogP contribution in [0.15, 0.2) is 83.8 Å². The molecule has 3 heterocycles. The van der Waals surface area contributed by atoms with Crippen LogP contribution in [0.3, 0.4) is 0 Å². The molecule has 0 radical (unpaired) electrons. The van der Waals surface area contributed by atoms with Gasteiger partial charge in [-0.05, 0) is 11.1 Å². The van der Waals surface area contributed by atoms with E-state index in [1.807, 2.05) is 75.4 Å². The summed E-state index contributed by atoms with van der Waals surface area (Å²) in [5, 5.41) is 20.0. The molecular weight excluding hydrogens is 430 g/mol. The second kappa shape index (κ2) is 9.44. The maximum Gasteiger partial charge on any atom is 0.227 e. The van der Waals surface area contributed by atoms with Gasteiger partial charge < -0.3 is 24.9 Å². The molecule has 0 saturated carbocycles. The van der Waals surface area contributed by atoms with E-state index >= 15 is 0 Å². The summed E-state index contributed by atoms with van der Waals surface area (Å²) in [4.78, 5) is 30.5. The van der Waals surface area contributed by atoms with Gasteiger partial charge in [0.05, 0.1) is 17.9 Å². The van der Waals surface area contributed by atoms with Gasteiger partial charge in [0.2, 0.25) is 11.6 Å². The molecule has 6 rings (SSSR count). The Hall–Kier alpha value is -3.42. The fourth-order valence-electron chi connectivity index (χ4n) is 4.11. The largest absolute Gasteiger partial charge is 0.388 e. The zero-order valence-corrected chi connectivity index (χ0v) is 19.0. The van der Waals surface area contributed by atoms with E-state index in [9.17, 15) is 19.8 Å². The average molecular weight is 460 g/mol.